The normalized spacial score (nSPS) is 20.4. The first-order chi connectivity index (χ1) is 8.09. The highest BCUT2D eigenvalue weighted by Gasteiger charge is 2.24. The van der Waals surface area contributed by atoms with Crippen LogP contribution in [-0.4, -0.2) is 41.6 Å². The monoisotopic (exact) mass is 234 g/mol. The molecule has 0 radical (unpaired) electrons. The Labute approximate surface area is 101 Å². The van der Waals surface area contributed by atoms with Crippen LogP contribution in [0.25, 0.3) is 0 Å². The summed E-state index contributed by atoms with van der Waals surface area (Å²) >= 11 is 0. The van der Waals surface area contributed by atoms with Gasteiger partial charge < -0.3 is 15.3 Å². The Morgan fingerprint density at radius 3 is 2.94 bits per heavy atom. The molecule has 0 bridgehead atoms. The highest BCUT2D eigenvalue weighted by atomic mass is 16.3. The van der Waals surface area contributed by atoms with Crippen molar-refractivity contribution in [1.29, 1.82) is 0 Å². The molecule has 1 unspecified atom stereocenters. The van der Waals surface area contributed by atoms with Crippen molar-refractivity contribution >= 4 is 5.91 Å². The number of piperazine rings is 1. The first-order valence-corrected chi connectivity index (χ1v) is 5.91. The molecule has 4 heteroatoms. The van der Waals surface area contributed by atoms with E-state index < -0.39 is 0 Å². The van der Waals surface area contributed by atoms with Gasteiger partial charge in [0.1, 0.15) is 5.75 Å². The van der Waals surface area contributed by atoms with Gasteiger partial charge in [-0.1, -0.05) is 0 Å². The summed E-state index contributed by atoms with van der Waals surface area (Å²) in [5.74, 6) is 0.254. The molecule has 1 aromatic rings. The lowest BCUT2D eigenvalue weighted by Gasteiger charge is -2.34. The van der Waals surface area contributed by atoms with Crippen LogP contribution < -0.4 is 5.32 Å². The van der Waals surface area contributed by atoms with E-state index in [9.17, 15) is 9.90 Å². The van der Waals surface area contributed by atoms with Crippen LogP contribution in [0.3, 0.4) is 0 Å². The Morgan fingerprint density at radius 1 is 1.53 bits per heavy atom. The van der Waals surface area contributed by atoms with Crippen molar-refractivity contribution in [2.45, 2.75) is 19.9 Å². The average Bonchev–Trinajstić information content (AvgIpc) is 2.29. The molecule has 4 nitrogen and oxygen atoms in total. The van der Waals surface area contributed by atoms with Crippen LogP contribution in [0.2, 0.25) is 0 Å². The molecule has 2 rings (SSSR count). The number of hydrogen-bond acceptors (Lipinski definition) is 3. The second-order valence-corrected chi connectivity index (χ2v) is 4.55. The number of rotatable bonds is 1. The zero-order valence-electron chi connectivity index (χ0n) is 10.2. The van der Waals surface area contributed by atoms with Gasteiger partial charge in [0.05, 0.1) is 0 Å². The van der Waals surface area contributed by atoms with Gasteiger partial charge in [-0.05, 0) is 37.6 Å². The zero-order chi connectivity index (χ0) is 12.4. The Hall–Kier alpha value is -1.55. The first kappa shape index (κ1) is 11.9. The van der Waals surface area contributed by atoms with Crippen molar-refractivity contribution in [3.05, 3.63) is 29.3 Å². The number of nitrogens with one attached hydrogen (secondary N) is 1. The number of benzene rings is 1. The minimum atomic E-state index is 0.0523. The first-order valence-electron chi connectivity index (χ1n) is 5.91. The molecule has 92 valence electrons. The predicted octanol–water partition coefficient (Wildman–Crippen LogP) is 1.13. The molecule has 17 heavy (non-hydrogen) atoms. The molecule has 2 N–H and O–H groups in total. The highest BCUT2D eigenvalue weighted by Crippen LogP contribution is 2.18. The Balaban J connectivity index is 2.24. The van der Waals surface area contributed by atoms with Gasteiger partial charge in [-0.25, -0.2) is 0 Å². The standard InChI is InChI=1S/C13H18N2O2/c1-9-7-11(16)3-4-12(9)13(17)15-6-5-14-8-10(15)2/h3-4,7,10,14,16H,5-6,8H2,1-2H3. The lowest BCUT2D eigenvalue weighted by Crippen LogP contribution is -2.52. The highest BCUT2D eigenvalue weighted by molar-refractivity contribution is 5.96. The molecule has 1 saturated heterocycles. The van der Waals surface area contributed by atoms with Crippen LogP contribution in [0, 0.1) is 6.92 Å². The van der Waals surface area contributed by atoms with Gasteiger partial charge in [0.15, 0.2) is 0 Å². The average molecular weight is 234 g/mol. The number of carbonyl (C=O) groups is 1. The molecule has 0 spiro atoms. The third kappa shape index (κ3) is 2.42. The Bertz CT molecular complexity index is 431. The number of phenolic OH excluding ortho intramolecular Hbond substituents is 1. The molecule has 1 aliphatic heterocycles. The summed E-state index contributed by atoms with van der Waals surface area (Å²) in [5.41, 5.74) is 1.50. The van der Waals surface area contributed by atoms with Crippen LogP contribution in [0.5, 0.6) is 5.75 Å². The fourth-order valence-electron chi connectivity index (χ4n) is 2.19. The molecule has 0 aromatic heterocycles. The SMILES string of the molecule is Cc1cc(O)ccc1C(=O)N1CCNCC1C. The summed E-state index contributed by atoms with van der Waals surface area (Å²) in [6.45, 7) is 6.30. The molecule has 1 heterocycles. The van der Waals surface area contributed by atoms with E-state index in [1.165, 1.54) is 0 Å². The summed E-state index contributed by atoms with van der Waals surface area (Å²) in [5, 5.41) is 12.6. The molecule has 1 aliphatic rings. The number of aryl methyl sites for hydroxylation is 1. The van der Waals surface area contributed by atoms with Crippen molar-refractivity contribution < 1.29 is 9.90 Å². The predicted molar refractivity (Wildman–Crippen MR) is 66.2 cm³/mol. The fourth-order valence-corrected chi connectivity index (χ4v) is 2.19. The van der Waals surface area contributed by atoms with Crippen LogP contribution in [0.4, 0.5) is 0 Å². The lowest BCUT2D eigenvalue weighted by molar-refractivity contribution is 0.0655. The van der Waals surface area contributed by atoms with Gasteiger partial charge in [0, 0.05) is 31.2 Å². The van der Waals surface area contributed by atoms with Crippen molar-refractivity contribution in [1.82, 2.24) is 10.2 Å². The van der Waals surface area contributed by atoms with Gasteiger partial charge >= 0.3 is 0 Å². The molecular weight excluding hydrogens is 216 g/mol. The third-order valence-electron chi connectivity index (χ3n) is 3.20. The van der Waals surface area contributed by atoms with E-state index in [-0.39, 0.29) is 17.7 Å². The van der Waals surface area contributed by atoms with E-state index in [1.807, 2.05) is 18.7 Å². The Morgan fingerprint density at radius 2 is 2.29 bits per heavy atom. The van der Waals surface area contributed by atoms with Crippen molar-refractivity contribution in [2.24, 2.45) is 0 Å². The van der Waals surface area contributed by atoms with Crippen LogP contribution in [0.1, 0.15) is 22.8 Å². The second-order valence-electron chi connectivity index (χ2n) is 4.55. The summed E-state index contributed by atoms with van der Waals surface area (Å²) in [6.07, 6.45) is 0. The molecule has 0 aliphatic carbocycles. The molecule has 1 atom stereocenters. The smallest absolute Gasteiger partial charge is 0.254 e. The lowest BCUT2D eigenvalue weighted by atomic mass is 10.1. The number of nitrogens with zero attached hydrogens (tertiary/aromatic N) is 1. The minimum Gasteiger partial charge on any atom is -0.508 e. The fraction of sp³-hybridized carbons (Fsp3) is 0.462. The maximum atomic E-state index is 12.4. The zero-order valence-corrected chi connectivity index (χ0v) is 10.2. The number of hydrogen-bond donors (Lipinski definition) is 2. The molecule has 1 amide bonds. The maximum Gasteiger partial charge on any atom is 0.254 e. The van der Waals surface area contributed by atoms with Crippen molar-refractivity contribution in [3.8, 4) is 5.75 Å². The van der Waals surface area contributed by atoms with Gasteiger partial charge in [-0.3, -0.25) is 4.79 Å². The number of amides is 1. The molecular formula is C13H18N2O2. The van der Waals surface area contributed by atoms with Crippen molar-refractivity contribution in [3.63, 3.8) is 0 Å². The number of phenols is 1. The van der Waals surface area contributed by atoms with Gasteiger partial charge in [-0.15, -0.1) is 0 Å². The van der Waals surface area contributed by atoms with Crippen LogP contribution >= 0.6 is 0 Å². The third-order valence-corrected chi connectivity index (χ3v) is 3.20. The van der Waals surface area contributed by atoms with Gasteiger partial charge in [0.2, 0.25) is 0 Å². The summed E-state index contributed by atoms with van der Waals surface area (Å²) < 4.78 is 0. The van der Waals surface area contributed by atoms with E-state index in [0.29, 0.717) is 5.56 Å². The van der Waals surface area contributed by atoms with Crippen molar-refractivity contribution in [2.75, 3.05) is 19.6 Å². The summed E-state index contributed by atoms with van der Waals surface area (Å²) in [6, 6.07) is 5.10. The van der Waals surface area contributed by atoms with Gasteiger partial charge in [0.25, 0.3) is 5.91 Å². The summed E-state index contributed by atoms with van der Waals surface area (Å²) in [4.78, 5) is 14.2. The molecule has 1 fully saturated rings. The van der Waals surface area contributed by atoms with E-state index in [0.717, 1.165) is 25.2 Å². The Kier molecular flexibility index (Phi) is 3.33. The number of carbonyl (C=O) groups excluding carboxylic acids is 1. The van der Waals surface area contributed by atoms with Crippen LogP contribution in [0.15, 0.2) is 18.2 Å². The molecule has 1 aromatic carbocycles. The van der Waals surface area contributed by atoms with E-state index in [2.05, 4.69) is 5.32 Å². The quantitative estimate of drug-likeness (QED) is 0.766. The van der Waals surface area contributed by atoms with E-state index >= 15 is 0 Å². The number of aromatic hydroxyl groups is 1. The molecule has 0 saturated carbocycles. The minimum absolute atomic E-state index is 0.0523. The van der Waals surface area contributed by atoms with E-state index in [4.69, 9.17) is 0 Å². The van der Waals surface area contributed by atoms with Gasteiger partial charge in [-0.2, -0.15) is 0 Å². The van der Waals surface area contributed by atoms with Crippen LogP contribution in [-0.2, 0) is 0 Å². The topological polar surface area (TPSA) is 52.6 Å². The maximum absolute atomic E-state index is 12.4. The largest absolute Gasteiger partial charge is 0.508 e. The second kappa shape index (κ2) is 4.75. The summed E-state index contributed by atoms with van der Waals surface area (Å²) in [7, 11) is 0. The van der Waals surface area contributed by atoms with E-state index in [1.54, 1.807) is 18.2 Å².